The van der Waals surface area contributed by atoms with Crippen molar-refractivity contribution in [3.8, 4) is 0 Å². The third-order valence-electron chi connectivity index (χ3n) is 1.39. The minimum atomic E-state index is -0.00437. The molecule has 0 bridgehead atoms. The monoisotopic (exact) mass is 146 g/mol. The van der Waals surface area contributed by atoms with E-state index in [1.807, 2.05) is 14.0 Å². The van der Waals surface area contributed by atoms with Crippen LogP contribution in [-0.2, 0) is 0 Å². The molecule has 0 heterocycles. The van der Waals surface area contributed by atoms with Crippen molar-refractivity contribution < 1.29 is 0 Å². The van der Waals surface area contributed by atoms with Crippen LogP contribution in [-0.4, -0.2) is 37.9 Å². The molecule has 0 aliphatic rings. The molecule has 2 nitrogen and oxygen atoms in total. The van der Waals surface area contributed by atoms with Crippen LogP contribution in [0.4, 0.5) is 0 Å². The first-order valence-corrected chi connectivity index (χ1v) is 5.12. The molecule has 3 heteroatoms. The van der Waals surface area contributed by atoms with Gasteiger partial charge in [0.05, 0.1) is 5.84 Å². The SMILES string of the molecule is C/N=C(\C)N(C)P(C)C. The van der Waals surface area contributed by atoms with Gasteiger partial charge in [0.1, 0.15) is 0 Å². The third kappa shape index (κ3) is 2.81. The molecule has 0 aromatic rings. The van der Waals surface area contributed by atoms with Crippen LogP contribution >= 0.6 is 8.07 Å². The smallest absolute Gasteiger partial charge is 0.0983 e. The summed E-state index contributed by atoms with van der Waals surface area (Å²) in [6.45, 7) is 6.45. The Hall–Kier alpha value is -0.100. The maximum absolute atomic E-state index is 4.07. The van der Waals surface area contributed by atoms with Gasteiger partial charge >= 0.3 is 0 Å². The van der Waals surface area contributed by atoms with E-state index >= 15 is 0 Å². The molecule has 0 saturated heterocycles. The van der Waals surface area contributed by atoms with Crippen LogP contribution in [0.3, 0.4) is 0 Å². The summed E-state index contributed by atoms with van der Waals surface area (Å²) in [5, 5.41) is 0. The van der Waals surface area contributed by atoms with Crippen molar-refractivity contribution in [3.63, 3.8) is 0 Å². The normalized spacial score (nSPS) is 12.4. The standard InChI is InChI=1S/C6H15N2P/c1-6(7-2)8(3)9(4)5/h1-5H3/b7-6+. The molecule has 0 saturated carbocycles. The molecule has 0 aliphatic heterocycles. The van der Waals surface area contributed by atoms with Crippen LogP contribution in [0, 0.1) is 0 Å². The van der Waals surface area contributed by atoms with E-state index in [0.29, 0.717) is 0 Å². The van der Waals surface area contributed by atoms with E-state index in [0.717, 1.165) is 5.84 Å². The molecule has 0 rings (SSSR count). The van der Waals surface area contributed by atoms with Gasteiger partial charge in [-0.15, -0.1) is 0 Å². The Labute approximate surface area is 58.8 Å². The maximum atomic E-state index is 4.07. The molecule has 0 atom stereocenters. The lowest BCUT2D eigenvalue weighted by Gasteiger charge is -2.22. The number of nitrogens with zero attached hydrogens (tertiary/aromatic N) is 2. The number of hydrogen-bond acceptors (Lipinski definition) is 1. The molecule has 0 unspecified atom stereocenters. The molecule has 0 aliphatic carbocycles. The van der Waals surface area contributed by atoms with Crippen molar-refractivity contribution in [1.82, 2.24) is 4.67 Å². The van der Waals surface area contributed by atoms with E-state index < -0.39 is 0 Å². The lowest BCUT2D eigenvalue weighted by molar-refractivity contribution is 0.811. The van der Waals surface area contributed by atoms with Crippen molar-refractivity contribution in [2.45, 2.75) is 6.92 Å². The van der Waals surface area contributed by atoms with E-state index in [9.17, 15) is 0 Å². The quantitative estimate of drug-likeness (QED) is 0.312. The molecular formula is C6H15N2P. The predicted molar refractivity (Wildman–Crippen MR) is 45.6 cm³/mol. The Morgan fingerprint density at radius 2 is 1.89 bits per heavy atom. The van der Waals surface area contributed by atoms with Crippen LogP contribution in [0.1, 0.15) is 6.92 Å². The fourth-order valence-electron chi connectivity index (χ4n) is 0.434. The first kappa shape index (κ1) is 8.90. The van der Waals surface area contributed by atoms with E-state index in [1.54, 1.807) is 0 Å². The molecular weight excluding hydrogens is 131 g/mol. The summed E-state index contributed by atoms with van der Waals surface area (Å²) in [4.78, 5) is 4.07. The average molecular weight is 146 g/mol. The fourth-order valence-corrected chi connectivity index (χ4v) is 1.10. The van der Waals surface area contributed by atoms with Crippen LogP contribution in [0.5, 0.6) is 0 Å². The molecule has 9 heavy (non-hydrogen) atoms. The van der Waals surface area contributed by atoms with Crippen LogP contribution in [0.15, 0.2) is 4.99 Å². The van der Waals surface area contributed by atoms with Gasteiger partial charge in [-0.1, -0.05) is 0 Å². The van der Waals surface area contributed by atoms with Gasteiger partial charge < -0.3 is 4.67 Å². The number of rotatable bonds is 1. The zero-order chi connectivity index (χ0) is 7.44. The summed E-state index contributed by atoms with van der Waals surface area (Å²) >= 11 is 0. The second-order valence-corrected chi connectivity index (χ2v) is 4.44. The summed E-state index contributed by atoms with van der Waals surface area (Å²) in [6.07, 6.45) is 0. The van der Waals surface area contributed by atoms with E-state index in [-0.39, 0.29) is 8.07 Å². The molecule has 0 radical (unpaired) electrons. The van der Waals surface area contributed by atoms with Crippen molar-refractivity contribution >= 4 is 13.9 Å². The predicted octanol–water partition coefficient (Wildman–Crippen LogP) is 1.62. The second-order valence-electron chi connectivity index (χ2n) is 2.14. The van der Waals surface area contributed by atoms with Crippen LogP contribution in [0.2, 0.25) is 0 Å². The topological polar surface area (TPSA) is 15.6 Å². The molecule has 0 spiro atoms. The number of hydrogen-bond donors (Lipinski definition) is 0. The summed E-state index contributed by atoms with van der Waals surface area (Å²) in [6, 6.07) is 0. The molecule has 0 N–H and O–H groups in total. The molecule has 0 amide bonds. The Kier molecular flexibility index (Phi) is 3.79. The lowest BCUT2D eigenvalue weighted by atomic mass is 10.7. The summed E-state index contributed by atoms with van der Waals surface area (Å²) in [5.41, 5.74) is 0. The first-order chi connectivity index (χ1) is 4.09. The van der Waals surface area contributed by atoms with Gasteiger partial charge in [-0.05, 0) is 28.3 Å². The summed E-state index contributed by atoms with van der Waals surface area (Å²) < 4.78 is 2.20. The van der Waals surface area contributed by atoms with E-state index in [4.69, 9.17) is 0 Å². The zero-order valence-corrected chi connectivity index (χ0v) is 7.74. The highest BCUT2D eigenvalue weighted by molar-refractivity contribution is 7.54. The van der Waals surface area contributed by atoms with Gasteiger partial charge in [0, 0.05) is 14.1 Å². The molecule has 0 aromatic heterocycles. The van der Waals surface area contributed by atoms with Crippen molar-refractivity contribution in [3.05, 3.63) is 0 Å². The third-order valence-corrected chi connectivity index (χ3v) is 2.88. The highest BCUT2D eigenvalue weighted by Gasteiger charge is 2.01. The summed E-state index contributed by atoms with van der Waals surface area (Å²) in [7, 11) is 3.90. The number of amidine groups is 1. The van der Waals surface area contributed by atoms with Crippen molar-refractivity contribution in [1.29, 1.82) is 0 Å². The Bertz CT molecular complexity index is 110. The van der Waals surface area contributed by atoms with Gasteiger partial charge in [-0.3, -0.25) is 4.99 Å². The van der Waals surface area contributed by atoms with Crippen molar-refractivity contribution in [2.75, 3.05) is 27.4 Å². The van der Waals surface area contributed by atoms with Crippen LogP contribution in [0.25, 0.3) is 0 Å². The van der Waals surface area contributed by atoms with Gasteiger partial charge in [-0.25, -0.2) is 0 Å². The fraction of sp³-hybridized carbons (Fsp3) is 0.833. The van der Waals surface area contributed by atoms with Gasteiger partial charge in [-0.2, -0.15) is 0 Å². The number of aliphatic imine (C=N–C) groups is 1. The highest BCUT2D eigenvalue weighted by atomic mass is 31.1. The minimum Gasteiger partial charge on any atom is -0.343 e. The largest absolute Gasteiger partial charge is 0.343 e. The molecule has 0 aromatic carbocycles. The molecule has 54 valence electrons. The Balaban J connectivity index is 3.88. The minimum absolute atomic E-state index is 0.00437. The average Bonchev–Trinajstić information content (AvgIpc) is 1.84. The molecule has 0 fully saturated rings. The Morgan fingerprint density at radius 1 is 1.44 bits per heavy atom. The van der Waals surface area contributed by atoms with Gasteiger partial charge in [0.15, 0.2) is 0 Å². The van der Waals surface area contributed by atoms with E-state index in [1.165, 1.54) is 0 Å². The van der Waals surface area contributed by atoms with E-state index in [2.05, 4.69) is 30.0 Å². The summed E-state index contributed by atoms with van der Waals surface area (Å²) in [5.74, 6) is 1.12. The van der Waals surface area contributed by atoms with Gasteiger partial charge in [0.25, 0.3) is 0 Å². The maximum Gasteiger partial charge on any atom is 0.0983 e. The second kappa shape index (κ2) is 3.84. The van der Waals surface area contributed by atoms with Gasteiger partial charge in [0.2, 0.25) is 0 Å². The van der Waals surface area contributed by atoms with Crippen LogP contribution < -0.4 is 0 Å². The highest BCUT2D eigenvalue weighted by Crippen LogP contribution is 2.28. The van der Waals surface area contributed by atoms with Crippen molar-refractivity contribution in [2.24, 2.45) is 4.99 Å². The lowest BCUT2D eigenvalue weighted by Crippen LogP contribution is -2.17. The first-order valence-electron chi connectivity index (χ1n) is 2.94. The Morgan fingerprint density at radius 3 is 2.00 bits per heavy atom. The zero-order valence-electron chi connectivity index (χ0n) is 6.84.